The summed E-state index contributed by atoms with van der Waals surface area (Å²) in [5, 5.41) is 18.5. The highest BCUT2D eigenvalue weighted by Crippen LogP contribution is 2.29. The van der Waals surface area contributed by atoms with Crippen molar-refractivity contribution in [2.45, 2.75) is 46.2 Å². The Morgan fingerprint density at radius 1 is 1.67 bits per heavy atom. The lowest BCUT2D eigenvalue weighted by Crippen LogP contribution is -2.18. The molecule has 100 valence electrons. The van der Waals surface area contributed by atoms with Crippen molar-refractivity contribution in [2.75, 3.05) is 5.32 Å². The van der Waals surface area contributed by atoms with Crippen LogP contribution in [0, 0.1) is 17.0 Å². The van der Waals surface area contributed by atoms with E-state index in [9.17, 15) is 10.1 Å². The molecule has 1 aromatic heterocycles. The Morgan fingerprint density at radius 3 is 2.83 bits per heavy atom. The molecule has 0 fully saturated rings. The molecule has 0 amide bonds. The molecule has 6 nitrogen and oxygen atoms in total. The second-order valence-corrected chi connectivity index (χ2v) is 4.33. The third-order valence-corrected chi connectivity index (χ3v) is 2.62. The molecule has 6 heteroatoms. The number of nitrogens with one attached hydrogen (secondary N) is 1. The lowest BCUT2D eigenvalue weighted by molar-refractivity contribution is -0.384. The van der Waals surface area contributed by atoms with Gasteiger partial charge in [-0.2, -0.15) is 5.10 Å². The van der Waals surface area contributed by atoms with Crippen LogP contribution < -0.4 is 5.32 Å². The van der Waals surface area contributed by atoms with Gasteiger partial charge in [-0.05, 0) is 26.7 Å². The number of rotatable bonds is 7. The largest absolute Gasteiger partial charge is 0.362 e. The first-order chi connectivity index (χ1) is 8.51. The maximum Gasteiger partial charge on any atom is 0.333 e. The molecule has 0 aromatic carbocycles. The number of aryl methyl sites for hydroxylation is 2. The average Bonchev–Trinajstić information content (AvgIpc) is 2.56. The molecule has 0 saturated carbocycles. The highest BCUT2D eigenvalue weighted by Gasteiger charge is 2.25. The van der Waals surface area contributed by atoms with Crippen molar-refractivity contribution in [1.82, 2.24) is 9.78 Å². The summed E-state index contributed by atoms with van der Waals surface area (Å²) in [7, 11) is 0. The van der Waals surface area contributed by atoms with Gasteiger partial charge in [0.25, 0.3) is 0 Å². The topological polar surface area (TPSA) is 73.0 Å². The van der Waals surface area contributed by atoms with Crippen LogP contribution in [-0.4, -0.2) is 20.7 Å². The van der Waals surface area contributed by atoms with E-state index in [0.29, 0.717) is 18.1 Å². The fourth-order valence-electron chi connectivity index (χ4n) is 1.85. The van der Waals surface area contributed by atoms with Crippen LogP contribution in [0.4, 0.5) is 11.5 Å². The van der Waals surface area contributed by atoms with Crippen molar-refractivity contribution in [3.05, 3.63) is 28.5 Å². The lowest BCUT2D eigenvalue weighted by atomic mass is 10.2. The van der Waals surface area contributed by atoms with Crippen molar-refractivity contribution in [1.29, 1.82) is 0 Å². The van der Waals surface area contributed by atoms with E-state index in [2.05, 4.69) is 17.0 Å². The van der Waals surface area contributed by atoms with Gasteiger partial charge in [-0.25, -0.2) is 4.68 Å². The molecule has 0 radical (unpaired) electrons. The first-order valence-corrected chi connectivity index (χ1v) is 6.10. The summed E-state index contributed by atoms with van der Waals surface area (Å²) >= 11 is 0. The molecular formula is C12H20N4O2. The van der Waals surface area contributed by atoms with Crippen LogP contribution in [0.25, 0.3) is 0 Å². The second-order valence-electron chi connectivity index (χ2n) is 4.33. The number of hydrogen-bond acceptors (Lipinski definition) is 4. The van der Waals surface area contributed by atoms with Crippen LogP contribution >= 0.6 is 0 Å². The van der Waals surface area contributed by atoms with E-state index in [1.54, 1.807) is 17.7 Å². The van der Waals surface area contributed by atoms with Gasteiger partial charge in [-0.3, -0.25) is 10.1 Å². The van der Waals surface area contributed by atoms with Gasteiger partial charge in [0.05, 0.1) is 4.92 Å². The molecule has 1 N–H and O–H groups in total. The Bertz CT molecular complexity index is 440. The Hall–Kier alpha value is -1.85. The molecule has 0 aliphatic carbocycles. The van der Waals surface area contributed by atoms with Crippen molar-refractivity contribution in [3.63, 3.8) is 0 Å². The van der Waals surface area contributed by atoms with Gasteiger partial charge in [0.15, 0.2) is 0 Å². The SMILES string of the molecule is C=CCC(C)Nc1c([N+](=O)[O-])c(C)nn1CCC. The average molecular weight is 252 g/mol. The number of aromatic nitrogens is 2. The minimum atomic E-state index is -0.378. The number of nitrogens with zero attached hydrogens (tertiary/aromatic N) is 3. The van der Waals surface area contributed by atoms with Crippen LogP contribution in [0.1, 0.15) is 32.4 Å². The first-order valence-electron chi connectivity index (χ1n) is 6.10. The van der Waals surface area contributed by atoms with E-state index in [1.807, 2.05) is 13.8 Å². The van der Waals surface area contributed by atoms with E-state index in [1.165, 1.54) is 0 Å². The van der Waals surface area contributed by atoms with Crippen LogP contribution in [-0.2, 0) is 6.54 Å². The first kappa shape index (κ1) is 14.2. The number of nitro groups is 1. The molecule has 1 heterocycles. The minimum absolute atomic E-state index is 0.0689. The van der Waals surface area contributed by atoms with Gasteiger partial charge < -0.3 is 5.32 Å². The fourth-order valence-corrected chi connectivity index (χ4v) is 1.85. The predicted molar refractivity (Wildman–Crippen MR) is 71.8 cm³/mol. The van der Waals surface area contributed by atoms with Crippen molar-refractivity contribution in [3.8, 4) is 0 Å². The minimum Gasteiger partial charge on any atom is -0.362 e. The maximum absolute atomic E-state index is 11.1. The molecule has 0 spiro atoms. The summed E-state index contributed by atoms with van der Waals surface area (Å²) in [5.41, 5.74) is 0.515. The molecule has 1 unspecified atom stereocenters. The van der Waals surface area contributed by atoms with E-state index in [-0.39, 0.29) is 16.7 Å². The van der Waals surface area contributed by atoms with Gasteiger partial charge in [-0.15, -0.1) is 6.58 Å². The van der Waals surface area contributed by atoms with Crippen LogP contribution in [0.3, 0.4) is 0 Å². The van der Waals surface area contributed by atoms with Crippen molar-refractivity contribution >= 4 is 11.5 Å². The highest BCUT2D eigenvalue weighted by atomic mass is 16.6. The Balaban J connectivity index is 3.10. The van der Waals surface area contributed by atoms with Gasteiger partial charge in [0.1, 0.15) is 5.69 Å². The van der Waals surface area contributed by atoms with Crippen LogP contribution in [0.2, 0.25) is 0 Å². The summed E-state index contributed by atoms with van der Waals surface area (Å²) < 4.78 is 1.67. The Kier molecular flexibility index (Phi) is 4.88. The zero-order valence-corrected chi connectivity index (χ0v) is 11.1. The van der Waals surface area contributed by atoms with E-state index in [4.69, 9.17) is 0 Å². The molecule has 1 rings (SSSR count). The summed E-state index contributed by atoms with van der Waals surface area (Å²) in [6.45, 7) is 9.97. The molecule has 1 atom stereocenters. The fraction of sp³-hybridized carbons (Fsp3) is 0.583. The van der Waals surface area contributed by atoms with E-state index in [0.717, 1.165) is 12.8 Å². The molecule has 18 heavy (non-hydrogen) atoms. The van der Waals surface area contributed by atoms with Crippen LogP contribution in [0.5, 0.6) is 0 Å². The molecule has 0 bridgehead atoms. The Labute approximate surface area is 107 Å². The molecule has 1 aromatic rings. The predicted octanol–water partition coefficient (Wildman–Crippen LogP) is 2.89. The smallest absolute Gasteiger partial charge is 0.333 e. The van der Waals surface area contributed by atoms with Crippen LogP contribution in [0.15, 0.2) is 12.7 Å². The van der Waals surface area contributed by atoms with Gasteiger partial charge in [0.2, 0.25) is 5.82 Å². The molecule has 0 aliphatic rings. The Morgan fingerprint density at radius 2 is 2.33 bits per heavy atom. The summed E-state index contributed by atoms with van der Waals surface area (Å²) in [4.78, 5) is 10.7. The zero-order valence-electron chi connectivity index (χ0n) is 11.1. The molecular weight excluding hydrogens is 232 g/mol. The summed E-state index contributed by atoms with van der Waals surface area (Å²) in [6.07, 6.45) is 3.41. The standard InChI is InChI=1S/C12H20N4O2/c1-5-7-9(3)13-12-11(16(17)18)10(4)14-15(12)8-6-2/h5,9,13H,1,6-8H2,2-4H3. The van der Waals surface area contributed by atoms with Crippen molar-refractivity contribution in [2.24, 2.45) is 0 Å². The quantitative estimate of drug-likeness (QED) is 0.460. The highest BCUT2D eigenvalue weighted by molar-refractivity contribution is 5.60. The number of hydrogen-bond donors (Lipinski definition) is 1. The maximum atomic E-state index is 11.1. The molecule has 0 saturated heterocycles. The molecule has 0 aliphatic heterocycles. The van der Waals surface area contributed by atoms with E-state index >= 15 is 0 Å². The normalized spacial score (nSPS) is 12.2. The zero-order chi connectivity index (χ0) is 13.7. The summed E-state index contributed by atoms with van der Waals surface area (Å²) in [6, 6.07) is 0.0907. The lowest BCUT2D eigenvalue weighted by Gasteiger charge is -2.13. The third kappa shape index (κ3) is 3.09. The third-order valence-electron chi connectivity index (χ3n) is 2.62. The monoisotopic (exact) mass is 252 g/mol. The van der Waals surface area contributed by atoms with E-state index < -0.39 is 0 Å². The summed E-state index contributed by atoms with van der Waals surface area (Å²) in [5.74, 6) is 0.494. The van der Waals surface area contributed by atoms with Gasteiger partial charge in [0, 0.05) is 12.6 Å². The number of anilines is 1. The van der Waals surface area contributed by atoms with Gasteiger partial charge in [-0.1, -0.05) is 13.0 Å². The van der Waals surface area contributed by atoms with Gasteiger partial charge >= 0.3 is 5.69 Å². The second kappa shape index (κ2) is 6.18. The van der Waals surface area contributed by atoms with Crippen molar-refractivity contribution < 1.29 is 4.92 Å².